The highest BCUT2D eigenvalue weighted by Gasteiger charge is 2.28. The maximum atomic E-state index is 13.1. The molecule has 0 aliphatic heterocycles. The molecule has 83 heavy (non-hydrogen) atoms. The highest BCUT2D eigenvalue weighted by Crippen LogP contribution is 2.43. The summed E-state index contributed by atoms with van der Waals surface area (Å²) in [5.74, 6) is -0.178. The maximum absolute atomic E-state index is 13.1. The zero-order valence-corrected chi connectivity index (χ0v) is 55.3. The van der Waals surface area contributed by atoms with Crippen molar-refractivity contribution in [2.45, 2.75) is 289 Å². The molecule has 0 fully saturated rings. The van der Waals surface area contributed by atoms with Crippen LogP contribution in [0.5, 0.6) is 0 Å². The number of allylic oxidation sites excluding steroid dienone is 22. The molecule has 0 bridgehead atoms. The van der Waals surface area contributed by atoms with Crippen LogP contribution in [0, 0.1) is 0 Å². The van der Waals surface area contributed by atoms with Gasteiger partial charge >= 0.3 is 7.82 Å². The minimum absolute atomic E-state index is 0.0612. The predicted octanol–water partition coefficient (Wildman–Crippen LogP) is 21.8. The van der Waals surface area contributed by atoms with Crippen LogP contribution in [-0.2, 0) is 18.4 Å². The van der Waals surface area contributed by atoms with Gasteiger partial charge in [0.15, 0.2) is 0 Å². The minimum Gasteiger partial charge on any atom is -0.391 e. The lowest BCUT2D eigenvalue weighted by atomic mass is 10.0. The first-order valence-electron chi connectivity index (χ1n) is 34.0. The molecule has 9 heteroatoms. The number of nitrogens with zero attached hydrogens (tertiary/aromatic N) is 1. The van der Waals surface area contributed by atoms with E-state index in [0.717, 1.165) is 116 Å². The molecule has 3 unspecified atom stereocenters. The van der Waals surface area contributed by atoms with Crippen molar-refractivity contribution in [2.24, 2.45) is 0 Å². The summed E-state index contributed by atoms with van der Waals surface area (Å²) in [5.41, 5.74) is 0. The lowest BCUT2D eigenvalue weighted by Crippen LogP contribution is -2.46. The van der Waals surface area contributed by atoms with Crippen molar-refractivity contribution in [2.75, 3.05) is 40.9 Å². The van der Waals surface area contributed by atoms with Gasteiger partial charge in [-0.2, -0.15) is 0 Å². The van der Waals surface area contributed by atoms with E-state index in [0.29, 0.717) is 23.9 Å². The van der Waals surface area contributed by atoms with Crippen LogP contribution in [0.3, 0.4) is 0 Å². The number of hydrogen-bond acceptors (Lipinski definition) is 5. The second-order valence-corrected chi connectivity index (χ2v) is 25.3. The number of unbranched alkanes of at least 4 members (excludes halogenated alkanes) is 26. The van der Waals surface area contributed by atoms with Gasteiger partial charge in [-0.25, -0.2) is 4.57 Å². The summed E-state index contributed by atoms with van der Waals surface area (Å²) in [6.07, 6.45) is 95.4. The van der Waals surface area contributed by atoms with Gasteiger partial charge < -0.3 is 19.8 Å². The van der Waals surface area contributed by atoms with E-state index in [4.69, 9.17) is 9.05 Å². The highest BCUT2D eigenvalue weighted by atomic mass is 31.2. The quantitative estimate of drug-likeness (QED) is 0.0243. The third kappa shape index (κ3) is 66.0. The first kappa shape index (κ1) is 79.6. The fourth-order valence-corrected chi connectivity index (χ4v) is 10.1. The van der Waals surface area contributed by atoms with Crippen LogP contribution in [0.1, 0.15) is 277 Å². The van der Waals surface area contributed by atoms with Gasteiger partial charge in [0, 0.05) is 6.42 Å². The number of nitrogens with one attached hydrogen (secondary N) is 1. The fourth-order valence-electron chi connectivity index (χ4n) is 9.41. The number of carbonyl (C=O) groups excluding carboxylic acids is 1. The Morgan fingerprint density at radius 2 is 0.723 bits per heavy atom. The zero-order valence-electron chi connectivity index (χ0n) is 54.4. The molecule has 0 aliphatic carbocycles. The summed E-state index contributed by atoms with van der Waals surface area (Å²) < 4.78 is 23.8. The number of carbonyl (C=O) groups is 1. The van der Waals surface area contributed by atoms with E-state index in [2.05, 4.69) is 153 Å². The maximum Gasteiger partial charge on any atom is 0.472 e. The van der Waals surface area contributed by atoms with Crippen LogP contribution >= 0.6 is 7.82 Å². The molecule has 0 aromatic carbocycles. The van der Waals surface area contributed by atoms with E-state index < -0.39 is 20.0 Å². The largest absolute Gasteiger partial charge is 0.472 e. The van der Waals surface area contributed by atoms with Crippen LogP contribution in [-0.4, -0.2) is 73.4 Å². The Morgan fingerprint density at radius 1 is 0.422 bits per heavy atom. The van der Waals surface area contributed by atoms with E-state index in [1.807, 2.05) is 21.1 Å². The Bertz CT molecular complexity index is 1810. The molecule has 1 amide bonds. The molecule has 0 aliphatic rings. The summed E-state index contributed by atoms with van der Waals surface area (Å²) in [4.78, 5) is 23.4. The normalized spacial score (nSPS) is 14.5. The summed E-state index contributed by atoms with van der Waals surface area (Å²) >= 11 is 0. The van der Waals surface area contributed by atoms with Gasteiger partial charge in [0.2, 0.25) is 5.91 Å². The molecule has 0 radical (unpaired) electrons. The lowest BCUT2D eigenvalue weighted by molar-refractivity contribution is -0.870. The van der Waals surface area contributed by atoms with Crippen molar-refractivity contribution < 1.29 is 32.9 Å². The van der Waals surface area contributed by atoms with Crippen molar-refractivity contribution in [3.05, 3.63) is 134 Å². The molecule has 0 saturated heterocycles. The first-order valence-corrected chi connectivity index (χ1v) is 35.5. The number of likely N-dealkylation sites (N-methyl/N-ethyl adjacent to an activating group) is 1. The molecule has 0 heterocycles. The second-order valence-electron chi connectivity index (χ2n) is 23.8. The molecule has 476 valence electrons. The Labute approximate surface area is 513 Å². The van der Waals surface area contributed by atoms with Crippen LogP contribution in [0.4, 0.5) is 0 Å². The third-order valence-electron chi connectivity index (χ3n) is 14.7. The Kier molecular flexibility index (Phi) is 60.6. The summed E-state index contributed by atoms with van der Waals surface area (Å²) in [7, 11) is 1.58. The fraction of sp³-hybridized carbons (Fsp3) is 0.689. The van der Waals surface area contributed by atoms with E-state index in [-0.39, 0.29) is 19.1 Å². The average molecular weight is 1170 g/mol. The van der Waals surface area contributed by atoms with E-state index in [1.165, 1.54) is 135 Å². The van der Waals surface area contributed by atoms with E-state index >= 15 is 0 Å². The zero-order chi connectivity index (χ0) is 60.5. The Balaban J connectivity index is 4.21. The number of quaternary nitrogens is 1. The average Bonchev–Trinajstić information content (AvgIpc) is 3.50. The van der Waals surface area contributed by atoms with Gasteiger partial charge in [-0.1, -0.05) is 308 Å². The minimum atomic E-state index is -4.35. The number of amides is 1. The topological polar surface area (TPSA) is 105 Å². The molecular formula is C74H130N2O6P+. The van der Waals surface area contributed by atoms with Crippen molar-refractivity contribution in [3.8, 4) is 0 Å². The van der Waals surface area contributed by atoms with Crippen molar-refractivity contribution in [1.29, 1.82) is 0 Å². The number of hydrogen-bond donors (Lipinski definition) is 3. The number of phosphoric acid groups is 1. The van der Waals surface area contributed by atoms with E-state index in [9.17, 15) is 19.4 Å². The molecule has 8 nitrogen and oxygen atoms in total. The Morgan fingerprint density at radius 3 is 1.05 bits per heavy atom. The molecule has 0 rings (SSSR count). The standard InChI is InChI=1S/C74H129N2O6P/c1-6-8-10-12-14-16-18-20-22-24-26-28-30-32-33-34-35-36-37-38-39-40-41-42-43-44-46-48-50-52-54-56-58-60-62-64-66-68-74(78)75-72(71-82-83(79,80)81-70-69-76(3,4)5)73(77)67-65-63-61-59-57-55-53-51-49-47-45-31-29-27-25-23-21-19-17-15-13-11-9-7-2/h8,10,14,16,20,22,26,28,32-33,35-36,38-39,41-42,44,46,50,52,56,58,72-73,77H,6-7,9,11-13,15,17-19,21,23-25,27,29-31,34,37,40,43,45,47-49,51,53-55,57,59-71H2,1-5H3,(H-,75,78,79,80)/p+1/b10-8-,16-14-,22-20-,28-26-,33-32-,36-35-,39-38-,42-41-,46-44-,52-50-,58-56-. The van der Waals surface area contributed by atoms with Gasteiger partial charge in [0.05, 0.1) is 39.9 Å². The van der Waals surface area contributed by atoms with Gasteiger partial charge in [0.1, 0.15) is 13.2 Å². The number of phosphoric ester groups is 1. The molecular weight excluding hydrogens is 1040 g/mol. The van der Waals surface area contributed by atoms with Crippen molar-refractivity contribution in [1.82, 2.24) is 5.32 Å². The number of rotatable bonds is 61. The molecule has 0 aromatic heterocycles. The van der Waals surface area contributed by atoms with Gasteiger partial charge in [-0.15, -0.1) is 0 Å². The molecule has 0 aromatic rings. The number of aliphatic hydroxyl groups is 1. The summed E-state index contributed by atoms with van der Waals surface area (Å²) in [6, 6.07) is -0.790. The first-order chi connectivity index (χ1) is 40.5. The van der Waals surface area contributed by atoms with Gasteiger partial charge in [-0.3, -0.25) is 13.8 Å². The van der Waals surface area contributed by atoms with E-state index in [1.54, 1.807) is 0 Å². The van der Waals surface area contributed by atoms with Crippen molar-refractivity contribution in [3.63, 3.8) is 0 Å². The smallest absolute Gasteiger partial charge is 0.391 e. The van der Waals surface area contributed by atoms with Gasteiger partial charge in [0.25, 0.3) is 0 Å². The van der Waals surface area contributed by atoms with Crippen LogP contribution in [0.15, 0.2) is 134 Å². The highest BCUT2D eigenvalue weighted by molar-refractivity contribution is 7.47. The second kappa shape index (κ2) is 63.2. The van der Waals surface area contributed by atoms with Gasteiger partial charge in [-0.05, 0) is 96.3 Å². The lowest BCUT2D eigenvalue weighted by Gasteiger charge is -2.26. The monoisotopic (exact) mass is 1170 g/mol. The number of aliphatic hydroxyl groups excluding tert-OH is 1. The molecule has 0 spiro atoms. The Hall–Kier alpha value is -3.36. The summed E-state index contributed by atoms with van der Waals surface area (Å²) in [6.45, 7) is 4.76. The molecule has 3 N–H and O–H groups in total. The summed E-state index contributed by atoms with van der Waals surface area (Å²) in [5, 5.41) is 14.1. The van der Waals surface area contributed by atoms with Crippen molar-refractivity contribution >= 4 is 13.7 Å². The van der Waals surface area contributed by atoms with Crippen LogP contribution < -0.4 is 5.32 Å². The molecule has 0 saturated carbocycles. The predicted molar refractivity (Wildman–Crippen MR) is 364 cm³/mol. The SMILES string of the molecule is CC/C=C\C/C=C\C/C=C\C/C=C\C/C=C\C/C=C\C/C=C\C/C=C\C/C=C\C/C=C\C/C=C\CCCCCC(=O)NC(COP(=O)(O)OCC[N+](C)(C)C)C(O)CCCCCCCCCCCCCCCCCCCCCCCCCC. The molecule has 3 atom stereocenters. The van der Waals surface area contributed by atoms with Crippen LogP contribution in [0.2, 0.25) is 0 Å². The van der Waals surface area contributed by atoms with Crippen LogP contribution in [0.25, 0.3) is 0 Å². The third-order valence-corrected chi connectivity index (χ3v) is 15.6.